The van der Waals surface area contributed by atoms with E-state index in [-0.39, 0.29) is 12.8 Å². The summed E-state index contributed by atoms with van der Waals surface area (Å²) in [6.45, 7) is 5.24. The Bertz CT molecular complexity index is 198. The van der Waals surface area contributed by atoms with E-state index in [1.54, 1.807) is 0 Å². The zero-order chi connectivity index (χ0) is 10.7. The highest BCUT2D eigenvalue weighted by Crippen LogP contribution is 2.27. The summed E-state index contributed by atoms with van der Waals surface area (Å²) >= 11 is 0. The van der Waals surface area contributed by atoms with Crippen LogP contribution in [0.15, 0.2) is 0 Å². The number of likely N-dealkylation sites (tertiary alicyclic amines) is 1. The first-order valence-corrected chi connectivity index (χ1v) is 5.56. The highest BCUT2D eigenvalue weighted by molar-refractivity contribution is 4.77. The Morgan fingerprint density at radius 2 is 1.47 bits per heavy atom. The summed E-state index contributed by atoms with van der Waals surface area (Å²) in [6.07, 6.45) is 0.0225. The Morgan fingerprint density at radius 3 is 2.07 bits per heavy atom. The van der Waals surface area contributed by atoms with E-state index in [1.807, 2.05) is 0 Å². The van der Waals surface area contributed by atoms with Crippen molar-refractivity contribution in [3.8, 4) is 0 Å². The van der Waals surface area contributed by atoms with Crippen LogP contribution in [-0.2, 0) is 4.74 Å². The van der Waals surface area contributed by atoms with Gasteiger partial charge in [-0.2, -0.15) is 0 Å². The molecule has 0 bridgehead atoms. The molecule has 0 atom stereocenters. The quantitative estimate of drug-likeness (QED) is 0.690. The molecule has 2 aliphatic rings. The van der Waals surface area contributed by atoms with Crippen molar-refractivity contribution in [2.24, 2.45) is 0 Å². The van der Waals surface area contributed by atoms with Crippen molar-refractivity contribution >= 4 is 0 Å². The lowest BCUT2D eigenvalue weighted by molar-refractivity contribution is -0.0704. The van der Waals surface area contributed by atoms with Gasteiger partial charge in [-0.1, -0.05) is 0 Å². The van der Waals surface area contributed by atoms with Gasteiger partial charge in [-0.25, -0.2) is 8.78 Å². The van der Waals surface area contributed by atoms with E-state index in [0.717, 1.165) is 33.0 Å². The van der Waals surface area contributed by atoms with Crippen LogP contribution >= 0.6 is 0 Å². The van der Waals surface area contributed by atoms with Gasteiger partial charge in [0.05, 0.1) is 19.9 Å². The largest absolute Gasteiger partial charge is 0.379 e. The molecule has 2 aliphatic heterocycles. The highest BCUT2D eigenvalue weighted by Gasteiger charge is 2.34. The molecule has 0 aromatic rings. The van der Waals surface area contributed by atoms with Crippen molar-refractivity contribution in [3.05, 3.63) is 0 Å². The van der Waals surface area contributed by atoms with Crippen LogP contribution in [0, 0.1) is 0 Å². The van der Waals surface area contributed by atoms with E-state index < -0.39 is 5.92 Å². The maximum absolute atomic E-state index is 12.9. The first-order valence-electron chi connectivity index (χ1n) is 5.56. The molecular weight excluding hydrogens is 202 g/mol. The molecule has 5 heteroatoms. The summed E-state index contributed by atoms with van der Waals surface area (Å²) in [7, 11) is 0. The normalized spacial score (nSPS) is 29.2. The Labute approximate surface area is 89.0 Å². The molecule has 88 valence electrons. The van der Waals surface area contributed by atoms with Gasteiger partial charge in [-0.3, -0.25) is 9.80 Å². The fraction of sp³-hybridized carbons (Fsp3) is 1.00. The summed E-state index contributed by atoms with van der Waals surface area (Å²) in [5, 5.41) is 0. The summed E-state index contributed by atoms with van der Waals surface area (Å²) in [6, 6.07) is 0. The lowest BCUT2D eigenvalue weighted by Gasteiger charge is -2.36. The predicted octanol–water partition coefficient (Wildman–Crippen LogP) is 1.01. The first kappa shape index (κ1) is 11.2. The zero-order valence-electron chi connectivity index (χ0n) is 8.92. The van der Waals surface area contributed by atoms with Crippen LogP contribution in [0.3, 0.4) is 0 Å². The third-order valence-corrected chi connectivity index (χ3v) is 3.09. The van der Waals surface area contributed by atoms with Gasteiger partial charge in [0, 0.05) is 39.0 Å². The number of halogens is 2. The molecule has 0 amide bonds. The van der Waals surface area contributed by atoms with Gasteiger partial charge in [0.25, 0.3) is 5.92 Å². The summed E-state index contributed by atoms with van der Waals surface area (Å²) in [5.74, 6) is -2.43. The van der Waals surface area contributed by atoms with E-state index >= 15 is 0 Å². The van der Waals surface area contributed by atoms with Gasteiger partial charge < -0.3 is 4.74 Å². The average Bonchev–Trinajstić information content (AvgIpc) is 2.23. The Morgan fingerprint density at radius 1 is 0.933 bits per heavy atom. The molecule has 0 aromatic heterocycles. The van der Waals surface area contributed by atoms with E-state index in [4.69, 9.17) is 4.74 Å². The molecule has 0 spiro atoms. The third kappa shape index (κ3) is 3.36. The molecule has 2 rings (SSSR count). The Kier molecular flexibility index (Phi) is 3.53. The summed E-state index contributed by atoms with van der Waals surface area (Å²) < 4.78 is 31.0. The average molecular weight is 220 g/mol. The van der Waals surface area contributed by atoms with Crippen LogP contribution in [-0.4, -0.2) is 61.8 Å². The molecule has 0 N–H and O–H groups in total. The molecular formula is C10H18F2N2O. The van der Waals surface area contributed by atoms with Crippen LogP contribution in [0.2, 0.25) is 0 Å². The summed E-state index contributed by atoms with van der Waals surface area (Å²) in [4.78, 5) is 4.38. The maximum Gasteiger partial charge on any atom is 0.250 e. The minimum absolute atomic E-state index is 0.0112. The minimum atomic E-state index is -2.43. The SMILES string of the molecule is FC1(F)CCN(CN2CCOCC2)CC1. The number of hydrogen-bond donors (Lipinski definition) is 0. The van der Waals surface area contributed by atoms with Crippen LogP contribution in [0.25, 0.3) is 0 Å². The molecule has 0 radical (unpaired) electrons. The highest BCUT2D eigenvalue weighted by atomic mass is 19.3. The standard InChI is InChI=1S/C10H18F2N2O/c11-10(12)1-3-13(4-2-10)9-14-5-7-15-8-6-14/h1-9H2. The van der Waals surface area contributed by atoms with E-state index in [2.05, 4.69) is 9.80 Å². The molecule has 15 heavy (non-hydrogen) atoms. The second-order valence-corrected chi connectivity index (χ2v) is 4.35. The lowest BCUT2D eigenvalue weighted by Crippen LogP contribution is -2.48. The lowest BCUT2D eigenvalue weighted by atomic mass is 10.1. The second-order valence-electron chi connectivity index (χ2n) is 4.35. The summed E-state index contributed by atoms with van der Waals surface area (Å²) in [5.41, 5.74) is 0. The minimum Gasteiger partial charge on any atom is -0.379 e. The van der Waals surface area contributed by atoms with Crippen LogP contribution < -0.4 is 0 Å². The molecule has 2 saturated heterocycles. The van der Waals surface area contributed by atoms with Crippen molar-refractivity contribution in [2.45, 2.75) is 18.8 Å². The van der Waals surface area contributed by atoms with E-state index in [0.29, 0.717) is 13.1 Å². The van der Waals surface area contributed by atoms with Crippen molar-refractivity contribution < 1.29 is 13.5 Å². The number of ether oxygens (including phenoxy) is 1. The smallest absolute Gasteiger partial charge is 0.250 e. The Balaban J connectivity index is 1.71. The van der Waals surface area contributed by atoms with Crippen LogP contribution in [0.5, 0.6) is 0 Å². The first-order chi connectivity index (χ1) is 7.16. The van der Waals surface area contributed by atoms with Crippen LogP contribution in [0.1, 0.15) is 12.8 Å². The Hall–Kier alpha value is -0.260. The number of nitrogens with zero attached hydrogens (tertiary/aromatic N) is 2. The van der Waals surface area contributed by atoms with E-state index in [9.17, 15) is 8.78 Å². The molecule has 3 nitrogen and oxygen atoms in total. The molecule has 2 heterocycles. The van der Waals surface area contributed by atoms with Crippen LogP contribution in [0.4, 0.5) is 8.78 Å². The molecule has 2 fully saturated rings. The second kappa shape index (κ2) is 4.72. The van der Waals surface area contributed by atoms with Gasteiger partial charge in [0.15, 0.2) is 0 Å². The fourth-order valence-corrected chi connectivity index (χ4v) is 2.05. The van der Waals surface area contributed by atoms with Gasteiger partial charge >= 0.3 is 0 Å². The molecule has 0 aliphatic carbocycles. The number of piperidine rings is 1. The van der Waals surface area contributed by atoms with Gasteiger partial charge in [0.1, 0.15) is 0 Å². The number of rotatable bonds is 2. The monoisotopic (exact) mass is 220 g/mol. The van der Waals surface area contributed by atoms with Crippen molar-refractivity contribution in [1.29, 1.82) is 0 Å². The van der Waals surface area contributed by atoms with Gasteiger partial charge in [-0.15, -0.1) is 0 Å². The number of hydrogen-bond acceptors (Lipinski definition) is 3. The number of morpholine rings is 1. The number of alkyl halides is 2. The predicted molar refractivity (Wildman–Crippen MR) is 53.0 cm³/mol. The van der Waals surface area contributed by atoms with Crippen molar-refractivity contribution in [3.63, 3.8) is 0 Å². The molecule has 0 aromatic carbocycles. The topological polar surface area (TPSA) is 15.7 Å². The molecule has 0 unspecified atom stereocenters. The zero-order valence-corrected chi connectivity index (χ0v) is 8.92. The third-order valence-electron chi connectivity index (χ3n) is 3.09. The maximum atomic E-state index is 12.9. The van der Waals surface area contributed by atoms with Crippen molar-refractivity contribution in [1.82, 2.24) is 9.80 Å². The van der Waals surface area contributed by atoms with E-state index in [1.165, 1.54) is 0 Å². The fourth-order valence-electron chi connectivity index (χ4n) is 2.05. The van der Waals surface area contributed by atoms with Gasteiger partial charge in [0.2, 0.25) is 0 Å². The van der Waals surface area contributed by atoms with Gasteiger partial charge in [-0.05, 0) is 0 Å². The molecule has 0 saturated carbocycles. The van der Waals surface area contributed by atoms with Crippen molar-refractivity contribution in [2.75, 3.05) is 46.1 Å².